The summed E-state index contributed by atoms with van der Waals surface area (Å²) >= 11 is 7.92. The summed E-state index contributed by atoms with van der Waals surface area (Å²) in [7, 11) is 0. The van der Waals surface area contributed by atoms with Gasteiger partial charge >= 0.3 is 0 Å². The summed E-state index contributed by atoms with van der Waals surface area (Å²) < 4.78 is 1.95. The van der Waals surface area contributed by atoms with Crippen LogP contribution in [0.3, 0.4) is 0 Å². The zero-order valence-electron chi connectivity index (χ0n) is 13.0. The first-order valence-corrected chi connectivity index (χ1v) is 9.14. The normalized spacial score (nSPS) is 18.2. The van der Waals surface area contributed by atoms with Gasteiger partial charge in [-0.2, -0.15) is 0 Å². The van der Waals surface area contributed by atoms with E-state index in [1.54, 1.807) is 11.3 Å². The van der Waals surface area contributed by atoms with Crippen molar-refractivity contribution >= 4 is 33.8 Å². The maximum atomic E-state index is 12.9. The van der Waals surface area contributed by atoms with Gasteiger partial charge in [-0.1, -0.05) is 29.8 Å². The Balaban J connectivity index is 1.56. The van der Waals surface area contributed by atoms with Gasteiger partial charge in [0.25, 0.3) is 0 Å². The Morgan fingerprint density at radius 2 is 2.29 bits per heavy atom. The van der Waals surface area contributed by atoms with Crippen molar-refractivity contribution in [2.24, 2.45) is 0 Å². The Morgan fingerprint density at radius 1 is 1.42 bits per heavy atom. The van der Waals surface area contributed by atoms with Crippen LogP contribution in [0.5, 0.6) is 0 Å². The SMILES string of the molecule is O=C(Cc1cn2ccsc2n1)N1CCNCC1c1ccccc1Cl. The van der Waals surface area contributed by atoms with E-state index in [4.69, 9.17) is 11.6 Å². The molecule has 4 rings (SSSR count). The first-order valence-electron chi connectivity index (χ1n) is 7.88. The van der Waals surface area contributed by atoms with Crippen LogP contribution in [0.4, 0.5) is 0 Å². The van der Waals surface area contributed by atoms with Gasteiger partial charge in [0, 0.05) is 42.4 Å². The average Bonchev–Trinajstić information content (AvgIpc) is 3.17. The second-order valence-corrected chi connectivity index (χ2v) is 7.11. The fraction of sp³-hybridized carbons (Fsp3) is 0.294. The predicted octanol–water partition coefficient (Wildman–Crippen LogP) is 2.76. The van der Waals surface area contributed by atoms with Gasteiger partial charge in [0.2, 0.25) is 5.91 Å². The van der Waals surface area contributed by atoms with Crippen LogP contribution < -0.4 is 5.32 Å². The van der Waals surface area contributed by atoms with E-state index in [0.717, 1.165) is 22.8 Å². The molecular weight excluding hydrogens is 344 g/mol. The van der Waals surface area contributed by atoms with E-state index in [1.165, 1.54) is 0 Å². The lowest BCUT2D eigenvalue weighted by molar-refractivity contribution is -0.133. The Bertz CT molecular complexity index is 846. The molecule has 1 fully saturated rings. The largest absolute Gasteiger partial charge is 0.333 e. The van der Waals surface area contributed by atoms with Gasteiger partial charge in [0.15, 0.2) is 4.96 Å². The van der Waals surface area contributed by atoms with Gasteiger partial charge in [0.05, 0.1) is 18.2 Å². The van der Waals surface area contributed by atoms with Gasteiger partial charge in [-0.25, -0.2) is 4.98 Å². The maximum absolute atomic E-state index is 12.9. The number of hydrogen-bond acceptors (Lipinski definition) is 4. The number of rotatable bonds is 3. The maximum Gasteiger partial charge on any atom is 0.229 e. The lowest BCUT2D eigenvalue weighted by Crippen LogP contribution is -2.49. The van der Waals surface area contributed by atoms with Crippen LogP contribution in [-0.4, -0.2) is 39.8 Å². The molecule has 1 atom stereocenters. The Labute approximate surface area is 148 Å². The highest BCUT2D eigenvalue weighted by Crippen LogP contribution is 2.29. The molecule has 1 amide bonds. The smallest absolute Gasteiger partial charge is 0.229 e. The molecule has 0 saturated carbocycles. The van der Waals surface area contributed by atoms with Crippen LogP contribution in [0.15, 0.2) is 42.0 Å². The van der Waals surface area contributed by atoms with Crippen LogP contribution in [0, 0.1) is 0 Å². The third-order valence-electron chi connectivity index (χ3n) is 4.30. The summed E-state index contributed by atoms with van der Waals surface area (Å²) in [5.74, 6) is 0.0900. The van der Waals surface area contributed by atoms with Crippen LogP contribution in [0.1, 0.15) is 17.3 Å². The summed E-state index contributed by atoms with van der Waals surface area (Å²) in [4.78, 5) is 20.2. The molecule has 1 N–H and O–H groups in total. The lowest BCUT2D eigenvalue weighted by atomic mass is 10.0. The molecule has 5 nitrogen and oxygen atoms in total. The molecule has 0 aliphatic carbocycles. The van der Waals surface area contributed by atoms with Crippen molar-refractivity contribution in [3.8, 4) is 0 Å². The third kappa shape index (κ3) is 2.92. The number of fused-ring (bicyclic) bond motifs is 1. The van der Waals surface area contributed by atoms with Crippen LogP contribution in [0.2, 0.25) is 5.02 Å². The van der Waals surface area contributed by atoms with Crippen molar-refractivity contribution in [2.75, 3.05) is 19.6 Å². The van der Waals surface area contributed by atoms with Crippen molar-refractivity contribution in [3.63, 3.8) is 0 Å². The summed E-state index contributed by atoms with van der Waals surface area (Å²) in [6.07, 6.45) is 4.20. The van der Waals surface area contributed by atoms with E-state index in [9.17, 15) is 4.79 Å². The Morgan fingerprint density at radius 3 is 3.12 bits per heavy atom. The quantitative estimate of drug-likeness (QED) is 0.781. The molecule has 0 spiro atoms. The molecule has 1 aliphatic rings. The van der Waals surface area contributed by atoms with Crippen molar-refractivity contribution in [2.45, 2.75) is 12.5 Å². The molecule has 1 unspecified atom stereocenters. The van der Waals surface area contributed by atoms with Crippen LogP contribution >= 0.6 is 22.9 Å². The number of thiazole rings is 1. The average molecular weight is 361 g/mol. The van der Waals surface area contributed by atoms with E-state index >= 15 is 0 Å². The molecule has 0 radical (unpaired) electrons. The van der Waals surface area contributed by atoms with Crippen LogP contribution in [0.25, 0.3) is 4.96 Å². The first-order chi connectivity index (χ1) is 11.7. The molecule has 0 bridgehead atoms. The number of benzene rings is 1. The molecule has 1 aliphatic heterocycles. The number of piperazine rings is 1. The number of carbonyl (C=O) groups excluding carboxylic acids is 1. The number of carbonyl (C=O) groups is 1. The Kier molecular flexibility index (Phi) is 4.26. The van der Waals surface area contributed by atoms with Gasteiger partial charge in [-0.15, -0.1) is 11.3 Å². The molecule has 2 aromatic heterocycles. The molecule has 24 heavy (non-hydrogen) atoms. The summed E-state index contributed by atoms with van der Waals surface area (Å²) in [6, 6.07) is 7.70. The summed E-state index contributed by atoms with van der Waals surface area (Å²) in [6.45, 7) is 2.19. The fourth-order valence-electron chi connectivity index (χ4n) is 3.14. The van der Waals surface area contributed by atoms with Gasteiger partial charge in [-0.05, 0) is 11.6 Å². The second kappa shape index (κ2) is 6.55. The zero-order chi connectivity index (χ0) is 16.5. The number of nitrogens with one attached hydrogen (secondary N) is 1. The number of halogens is 1. The van der Waals surface area contributed by atoms with Crippen molar-refractivity contribution < 1.29 is 4.79 Å². The monoisotopic (exact) mass is 360 g/mol. The molecule has 3 heterocycles. The number of aromatic nitrogens is 2. The number of imidazole rings is 1. The molecule has 7 heteroatoms. The van der Waals surface area contributed by atoms with E-state index in [0.29, 0.717) is 24.5 Å². The Hall–Kier alpha value is -1.89. The topological polar surface area (TPSA) is 49.6 Å². The number of amides is 1. The molecule has 1 saturated heterocycles. The van der Waals surface area contributed by atoms with E-state index in [2.05, 4.69) is 10.3 Å². The van der Waals surface area contributed by atoms with Crippen LogP contribution in [-0.2, 0) is 11.2 Å². The van der Waals surface area contributed by atoms with Gasteiger partial charge in [0.1, 0.15) is 0 Å². The summed E-state index contributed by atoms with van der Waals surface area (Å²) in [5.41, 5.74) is 1.80. The van der Waals surface area contributed by atoms with E-state index in [-0.39, 0.29) is 11.9 Å². The van der Waals surface area contributed by atoms with Crippen molar-refractivity contribution in [1.82, 2.24) is 19.6 Å². The highest BCUT2D eigenvalue weighted by Gasteiger charge is 2.29. The zero-order valence-corrected chi connectivity index (χ0v) is 14.6. The molecule has 3 aromatic rings. The minimum atomic E-state index is -0.0383. The number of nitrogens with zero attached hydrogens (tertiary/aromatic N) is 3. The molecule has 124 valence electrons. The predicted molar refractivity (Wildman–Crippen MR) is 95.5 cm³/mol. The minimum absolute atomic E-state index is 0.0383. The summed E-state index contributed by atoms with van der Waals surface area (Å²) in [5, 5.41) is 6.04. The first kappa shape index (κ1) is 15.6. The highest BCUT2D eigenvalue weighted by molar-refractivity contribution is 7.15. The van der Waals surface area contributed by atoms with Gasteiger partial charge in [-0.3, -0.25) is 9.20 Å². The third-order valence-corrected chi connectivity index (χ3v) is 5.42. The standard InChI is InChI=1S/C17H17ClN4OS/c18-14-4-2-1-3-13(14)15-10-19-5-6-22(15)16(23)9-12-11-21-7-8-24-17(21)20-12/h1-4,7-8,11,15,19H,5-6,9-10H2. The second-order valence-electron chi connectivity index (χ2n) is 5.83. The van der Waals surface area contributed by atoms with Crippen molar-refractivity contribution in [3.05, 3.63) is 58.3 Å². The minimum Gasteiger partial charge on any atom is -0.333 e. The lowest BCUT2D eigenvalue weighted by Gasteiger charge is -2.37. The van der Waals surface area contributed by atoms with E-state index in [1.807, 2.05) is 51.3 Å². The van der Waals surface area contributed by atoms with E-state index < -0.39 is 0 Å². The number of hydrogen-bond donors (Lipinski definition) is 1. The van der Waals surface area contributed by atoms with Crippen molar-refractivity contribution in [1.29, 1.82) is 0 Å². The highest BCUT2D eigenvalue weighted by atomic mass is 35.5. The molecule has 1 aromatic carbocycles. The fourth-order valence-corrected chi connectivity index (χ4v) is 4.12. The van der Waals surface area contributed by atoms with Gasteiger partial charge < -0.3 is 10.2 Å². The molecular formula is C17H17ClN4OS.